The second kappa shape index (κ2) is 11.0. The summed E-state index contributed by atoms with van der Waals surface area (Å²) in [7, 11) is 0. The topological polar surface area (TPSA) is 66.1 Å². The predicted molar refractivity (Wildman–Crippen MR) is 119 cm³/mol. The van der Waals surface area contributed by atoms with Gasteiger partial charge in [0.25, 0.3) is 0 Å². The first kappa shape index (κ1) is 21.4. The van der Waals surface area contributed by atoms with Gasteiger partial charge >= 0.3 is 6.03 Å². The van der Waals surface area contributed by atoms with Crippen molar-refractivity contribution in [2.24, 2.45) is 5.92 Å². The van der Waals surface area contributed by atoms with Crippen molar-refractivity contribution in [3.8, 4) is 0 Å². The SMILES string of the molecule is O=C(NC[C@H]([C@H]1CCOC1)N1CCOCC1)Nc1ccccc1N1CCCCCC1. The second-order valence-electron chi connectivity index (χ2n) is 8.59. The zero-order valence-electron chi connectivity index (χ0n) is 18.0. The van der Waals surface area contributed by atoms with Gasteiger partial charge < -0.3 is 25.0 Å². The van der Waals surface area contributed by atoms with Crippen LogP contribution in [0.2, 0.25) is 0 Å². The van der Waals surface area contributed by atoms with E-state index in [0.717, 1.165) is 70.4 Å². The zero-order chi connectivity index (χ0) is 20.6. The molecule has 0 saturated carbocycles. The number of nitrogens with zero attached hydrogens (tertiary/aromatic N) is 2. The van der Waals surface area contributed by atoms with Crippen LogP contribution in [0.25, 0.3) is 0 Å². The van der Waals surface area contributed by atoms with E-state index in [2.05, 4.69) is 32.6 Å². The number of carbonyl (C=O) groups is 1. The molecular formula is C23H36N4O3. The molecule has 30 heavy (non-hydrogen) atoms. The molecular weight excluding hydrogens is 380 g/mol. The fourth-order valence-corrected chi connectivity index (χ4v) is 4.89. The molecule has 7 heteroatoms. The van der Waals surface area contributed by atoms with Gasteiger partial charge in [-0.15, -0.1) is 0 Å². The van der Waals surface area contributed by atoms with E-state index in [1.807, 2.05) is 12.1 Å². The Morgan fingerprint density at radius 3 is 2.50 bits per heavy atom. The third-order valence-corrected chi connectivity index (χ3v) is 6.59. The number of hydrogen-bond acceptors (Lipinski definition) is 5. The second-order valence-corrected chi connectivity index (χ2v) is 8.59. The van der Waals surface area contributed by atoms with E-state index in [1.54, 1.807) is 0 Å². The Morgan fingerprint density at radius 2 is 1.77 bits per heavy atom. The van der Waals surface area contributed by atoms with Gasteiger partial charge in [-0.1, -0.05) is 25.0 Å². The molecule has 3 aliphatic rings. The van der Waals surface area contributed by atoms with Gasteiger partial charge in [0, 0.05) is 51.3 Å². The Labute approximate surface area is 180 Å². The van der Waals surface area contributed by atoms with Gasteiger partial charge in [0.15, 0.2) is 0 Å². The fourth-order valence-electron chi connectivity index (χ4n) is 4.89. The molecule has 1 aromatic carbocycles. The molecule has 0 spiro atoms. The fraction of sp³-hybridized carbons (Fsp3) is 0.696. The summed E-state index contributed by atoms with van der Waals surface area (Å²) in [5.74, 6) is 0.466. The van der Waals surface area contributed by atoms with Crippen LogP contribution >= 0.6 is 0 Å². The molecule has 3 fully saturated rings. The summed E-state index contributed by atoms with van der Waals surface area (Å²) in [5.41, 5.74) is 2.02. The summed E-state index contributed by atoms with van der Waals surface area (Å²) in [6, 6.07) is 8.33. The third-order valence-electron chi connectivity index (χ3n) is 6.59. The van der Waals surface area contributed by atoms with Crippen LogP contribution < -0.4 is 15.5 Å². The first-order chi connectivity index (χ1) is 14.8. The molecule has 3 saturated heterocycles. The number of rotatable bonds is 6. The van der Waals surface area contributed by atoms with Crippen LogP contribution in [0.1, 0.15) is 32.1 Å². The molecule has 3 aliphatic heterocycles. The van der Waals surface area contributed by atoms with Crippen LogP contribution in [0, 0.1) is 5.92 Å². The molecule has 2 N–H and O–H groups in total. The van der Waals surface area contributed by atoms with Crippen molar-refractivity contribution in [2.75, 3.05) is 69.4 Å². The number of urea groups is 1. The van der Waals surface area contributed by atoms with Crippen LogP contribution in [0.5, 0.6) is 0 Å². The van der Waals surface area contributed by atoms with Crippen LogP contribution in [0.4, 0.5) is 16.2 Å². The lowest BCUT2D eigenvalue weighted by atomic mass is 9.97. The van der Waals surface area contributed by atoms with Gasteiger partial charge in [0.1, 0.15) is 0 Å². The summed E-state index contributed by atoms with van der Waals surface area (Å²) < 4.78 is 11.2. The maximum Gasteiger partial charge on any atom is 0.319 e. The number of morpholine rings is 1. The summed E-state index contributed by atoms with van der Waals surface area (Å²) >= 11 is 0. The van der Waals surface area contributed by atoms with Crippen molar-refractivity contribution in [1.82, 2.24) is 10.2 Å². The summed E-state index contributed by atoms with van der Waals surface area (Å²) in [5, 5.41) is 6.25. The molecule has 7 nitrogen and oxygen atoms in total. The summed E-state index contributed by atoms with van der Waals surface area (Å²) in [4.78, 5) is 17.7. The van der Waals surface area contributed by atoms with Gasteiger partial charge in [-0.05, 0) is 31.4 Å². The molecule has 4 rings (SSSR count). The van der Waals surface area contributed by atoms with E-state index in [-0.39, 0.29) is 6.03 Å². The number of hydrogen-bond donors (Lipinski definition) is 2. The molecule has 2 amide bonds. The van der Waals surface area contributed by atoms with Gasteiger partial charge in [0.2, 0.25) is 0 Å². The molecule has 3 heterocycles. The lowest BCUT2D eigenvalue weighted by Gasteiger charge is -2.37. The van der Waals surface area contributed by atoms with Crippen molar-refractivity contribution in [3.05, 3.63) is 24.3 Å². The number of anilines is 2. The molecule has 1 aromatic rings. The highest BCUT2D eigenvalue weighted by molar-refractivity contribution is 5.93. The Balaban J connectivity index is 1.36. The molecule has 2 atom stereocenters. The molecule has 0 aliphatic carbocycles. The highest BCUT2D eigenvalue weighted by Gasteiger charge is 2.31. The average molecular weight is 417 g/mol. The van der Waals surface area contributed by atoms with Crippen molar-refractivity contribution < 1.29 is 14.3 Å². The first-order valence-electron chi connectivity index (χ1n) is 11.6. The zero-order valence-corrected chi connectivity index (χ0v) is 18.0. The van der Waals surface area contributed by atoms with Crippen molar-refractivity contribution >= 4 is 17.4 Å². The highest BCUT2D eigenvalue weighted by Crippen LogP contribution is 2.28. The van der Waals surface area contributed by atoms with E-state index in [4.69, 9.17) is 9.47 Å². The molecule has 166 valence electrons. The number of ether oxygens (including phenoxy) is 2. The third kappa shape index (κ3) is 5.65. The highest BCUT2D eigenvalue weighted by atomic mass is 16.5. The lowest BCUT2D eigenvalue weighted by molar-refractivity contribution is 0.00222. The molecule has 0 aromatic heterocycles. The summed E-state index contributed by atoms with van der Waals surface area (Å²) in [6.07, 6.45) is 6.07. The lowest BCUT2D eigenvalue weighted by Crippen LogP contribution is -2.52. The van der Waals surface area contributed by atoms with Crippen molar-refractivity contribution in [1.29, 1.82) is 0 Å². The minimum atomic E-state index is -0.130. The Morgan fingerprint density at radius 1 is 1.00 bits per heavy atom. The van der Waals surface area contributed by atoms with Gasteiger partial charge in [-0.25, -0.2) is 4.79 Å². The molecule has 0 radical (unpaired) electrons. The maximum absolute atomic E-state index is 12.8. The smallest absolute Gasteiger partial charge is 0.319 e. The first-order valence-corrected chi connectivity index (χ1v) is 11.6. The summed E-state index contributed by atoms with van der Waals surface area (Å²) in [6.45, 7) is 7.71. The van der Waals surface area contributed by atoms with E-state index in [0.29, 0.717) is 18.5 Å². The number of carbonyl (C=O) groups excluding carboxylic acids is 1. The van der Waals surface area contributed by atoms with Gasteiger partial charge in [0.05, 0.1) is 31.2 Å². The Kier molecular flexibility index (Phi) is 7.83. The number of benzene rings is 1. The monoisotopic (exact) mass is 416 g/mol. The van der Waals surface area contributed by atoms with E-state index in [1.165, 1.54) is 25.7 Å². The van der Waals surface area contributed by atoms with Crippen LogP contribution in [0.3, 0.4) is 0 Å². The van der Waals surface area contributed by atoms with Crippen LogP contribution in [-0.2, 0) is 9.47 Å². The standard InChI is InChI=1S/C23H36N4O3/c28-23(24-17-22(19-9-14-30-18-19)27-12-15-29-16-13-27)25-20-7-3-4-8-21(20)26-10-5-1-2-6-11-26/h3-4,7-8,19,22H,1-2,5-6,9-18H2,(H2,24,25,28)/t19-,22+/m0/s1. The Hall–Kier alpha value is -1.83. The van der Waals surface area contributed by atoms with Gasteiger partial charge in [-0.2, -0.15) is 0 Å². The average Bonchev–Trinajstić information content (AvgIpc) is 3.17. The number of para-hydroxylation sites is 2. The molecule has 0 unspecified atom stereocenters. The van der Waals surface area contributed by atoms with E-state index in [9.17, 15) is 4.79 Å². The van der Waals surface area contributed by atoms with Crippen molar-refractivity contribution in [2.45, 2.75) is 38.1 Å². The number of nitrogens with one attached hydrogen (secondary N) is 2. The normalized spacial score (nSPS) is 24.3. The van der Waals surface area contributed by atoms with Crippen LogP contribution in [-0.4, -0.2) is 76.1 Å². The van der Waals surface area contributed by atoms with Crippen molar-refractivity contribution in [3.63, 3.8) is 0 Å². The van der Waals surface area contributed by atoms with Crippen LogP contribution in [0.15, 0.2) is 24.3 Å². The minimum Gasteiger partial charge on any atom is -0.381 e. The molecule has 0 bridgehead atoms. The van der Waals surface area contributed by atoms with Gasteiger partial charge in [-0.3, -0.25) is 4.90 Å². The maximum atomic E-state index is 12.8. The Bertz CT molecular complexity index is 666. The minimum absolute atomic E-state index is 0.130. The quantitative estimate of drug-likeness (QED) is 0.747. The number of amides is 2. The predicted octanol–water partition coefficient (Wildman–Crippen LogP) is 2.93. The van der Waals surface area contributed by atoms with E-state index < -0.39 is 0 Å². The van der Waals surface area contributed by atoms with E-state index >= 15 is 0 Å². The largest absolute Gasteiger partial charge is 0.381 e.